The Morgan fingerprint density at radius 3 is 2.58 bits per heavy atom. The average Bonchev–Trinajstić information content (AvgIpc) is 3.19. The Kier molecular flexibility index (Phi) is 6.18. The lowest BCUT2D eigenvalue weighted by Crippen LogP contribution is -2.38. The number of fused-ring (bicyclic) bond motifs is 1. The van der Waals surface area contributed by atoms with Crippen LogP contribution in [0.15, 0.2) is 47.5 Å². The molecular formula is C21H21ClN2O5S2. The highest BCUT2D eigenvalue weighted by Gasteiger charge is 2.50. The van der Waals surface area contributed by atoms with E-state index < -0.39 is 9.84 Å². The van der Waals surface area contributed by atoms with Gasteiger partial charge < -0.3 is 14.4 Å². The maximum Gasteiger partial charge on any atom is 0.252 e. The molecule has 164 valence electrons. The topological polar surface area (TPSA) is 85.3 Å². The maximum atomic E-state index is 12.7. The van der Waals surface area contributed by atoms with Gasteiger partial charge in [0.05, 0.1) is 43.9 Å². The number of benzene rings is 2. The highest BCUT2D eigenvalue weighted by atomic mass is 35.5. The van der Waals surface area contributed by atoms with E-state index in [9.17, 15) is 13.2 Å². The molecule has 0 N–H and O–H groups in total. The highest BCUT2D eigenvalue weighted by molar-refractivity contribution is 8.16. The number of thioether (sulfide) groups is 1. The van der Waals surface area contributed by atoms with Crippen molar-refractivity contribution in [1.82, 2.24) is 0 Å². The third-order valence-corrected chi connectivity index (χ3v) is 8.66. The number of halogens is 1. The van der Waals surface area contributed by atoms with Gasteiger partial charge in [-0.1, -0.05) is 35.5 Å². The summed E-state index contributed by atoms with van der Waals surface area (Å²) in [6.07, 6.45) is 0.127. The fraction of sp³-hybridized carbons (Fsp3) is 0.333. The van der Waals surface area contributed by atoms with Crippen molar-refractivity contribution < 1.29 is 22.7 Å². The summed E-state index contributed by atoms with van der Waals surface area (Å²) in [4.78, 5) is 18.9. The van der Waals surface area contributed by atoms with Crippen molar-refractivity contribution in [3.05, 3.63) is 53.1 Å². The first-order valence-electron chi connectivity index (χ1n) is 9.54. The molecule has 2 atom stereocenters. The number of amides is 1. The van der Waals surface area contributed by atoms with E-state index in [0.717, 1.165) is 5.56 Å². The monoisotopic (exact) mass is 480 g/mol. The molecule has 0 bridgehead atoms. The van der Waals surface area contributed by atoms with Crippen LogP contribution in [0.4, 0.5) is 5.69 Å². The molecule has 0 aromatic heterocycles. The zero-order valence-electron chi connectivity index (χ0n) is 16.9. The molecule has 1 amide bonds. The van der Waals surface area contributed by atoms with Crippen LogP contribution in [0.25, 0.3) is 0 Å². The Balaban J connectivity index is 1.69. The quantitative estimate of drug-likeness (QED) is 0.649. The third-order valence-electron chi connectivity index (χ3n) is 5.20. The number of carbonyl (C=O) groups is 1. The first-order valence-corrected chi connectivity index (χ1v) is 12.6. The van der Waals surface area contributed by atoms with Crippen molar-refractivity contribution in [3.8, 4) is 11.5 Å². The number of rotatable bonds is 5. The molecule has 7 nitrogen and oxygen atoms in total. The van der Waals surface area contributed by atoms with Gasteiger partial charge in [0.15, 0.2) is 15.0 Å². The van der Waals surface area contributed by atoms with Crippen molar-refractivity contribution in [2.75, 3.05) is 30.6 Å². The number of hydrogen-bond acceptors (Lipinski definition) is 6. The molecule has 2 saturated heterocycles. The number of hydrogen-bond donors (Lipinski definition) is 0. The summed E-state index contributed by atoms with van der Waals surface area (Å²) in [7, 11) is -0.0716. The van der Waals surface area contributed by atoms with Gasteiger partial charge in [0.1, 0.15) is 11.5 Å². The van der Waals surface area contributed by atoms with Crippen LogP contribution in [0, 0.1) is 0 Å². The highest BCUT2D eigenvalue weighted by Crippen LogP contribution is 2.44. The summed E-state index contributed by atoms with van der Waals surface area (Å²) < 4.78 is 35.3. The minimum Gasteiger partial charge on any atom is -0.497 e. The number of sulfone groups is 1. The van der Waals surface area contributed by atoms with Gasteiger partial charge in [-0.3, -0.25) is 4.79 Å². The smallest absolute Gasteiger partial charge is 0.252 e. The van der Waals surface area contributed by atoms with Crippen LogP contribution in [0.5, 0.6) is 11.5 Å². The Morgan fingerprint density at radius 2 is 1.90 bits per heavy atom. The minimum absolute atomic E-state index is 0.00421. The van der Waals surface area contributed by atoms with Crippen molar-refractivity contribution >= 4 is 50.0 Å². The van der Waals surface area contributed by atoms with Crippen molar-refractivity contribution in [1.29, 1.82) is 0 Å². The largest absolute Gasteiger partial charge is 0.497 e. The molecule has 0 aliphatic carbocycles. The lowest BCUT2D eigenvalue weighted by molar-refractivity contribution is -0.117. The molecule has 10 heteroatoms. The first-order chi connectivity index (χ1) is 14.8. The molecule has 2 aromatic carbocycles. The van der Waals surface area contributed by atoms with Crippen LogP contribution in [-0.4, -0.2) is 56.5 Å². The van der Waals surface area contributed by atoms with Crippen LogP contribution < -0.4 is 14.4 Å². The van der Waals surface area contributed by atoms with E-state index in [1.54, 1.807) is 49.6 Å². The molecular weight excluding hydrogens is 460 g/mol. The predicted molar refractivity (Wildman–Crippen MR) is 123 cm³/mol. The van der Waals surface area contributed by atoms with Gasteiger partial charge in [-0.25, -0.2) is 8.42 Å². The van der Waals surface area contributed by atoms with Gasteiger partial charge in [-0.2, -0.15) is 4.99 Å². The summed E-state index contributed by atoms with van der Waals surface area (Å²) in [5.74, 6) is 0.875. The second kappa shape index (κ2) is 8.72. The van der Waals surface area contributed by atoms with Crippen molar-refractivity contribution in [3.63, 3.8) is 0 Å². The molecule has 2 aromatic rings. The predicted octanol–water partition coefficient (Wildman–Crippen LogP) is 3.20. The van der Waals surface area contributed by atoms with Gasteiger partial charge >= 0.3 is 0 Å². The lowest BCUT2D eigenvalue weighted by atomic mass is 10.1. The van der Waals surface area contributed by atoms with E-state index >= 15 is 0 Å². The second-order valence-corrected chi connectivity index (χ2v) is 11.1. The van der Waals surface area contributed by atoms with Crippen LogP contribution in [0.1, 0.15) is 5.56 Å². The van der Waals surface area contributed by atoms with E-state index in [2.05, 4.69) is 4.99 Å². The first kappa shape index (κ1) is 22.0. The molecule has 31 heavy (non-hydrogen) atoms. The molecule has 0 radical (unpaired) electrons. The van der Waals surface area contributed by atoms with Crippen LogP contribution >= 0.6 is 23.4 Å². The van der Waals surface area contributed by atoms with E-state index in [1.807, 2.05) is 4.90 Å². The molecule has 2 heterocycles. The molecule has 0 spiro atoms. The van der Waals surface area contributed by atoms with Crippen LogP contribution in [0.3, 0.4) is 0 Å². The molecule has 2 aliphatic rings. The molecule has 4 rings (SSSR count). The standard InChI is InChI=1S/C21H21ClN2O5S2/c1-28-15-7-8-16(18(10-15)29-2)24-17-11-31(26,27)12-19(17)30-21(24)23-20(25)9-13-3-5-14(22)6-4-13/h3-8,10,17,19H,9,11-12H2,1-2H3/t17-,19-/m0/s1. The number of carbonyl (C=O) groups excluding carboxylic acids is 1. The molecule has 2 fully saturated rings. The number of amidine groups is 1. The summed E-state index contributed by atoms with van der Waals surface area (Å²) in [5.41, 5.74) is 1.46. The SMILES string of the molecule is COc1ccc(N2C(=NC(=O)Cc3ccc(Cl)cc3)S[C@H]3CS(=O)(=O)C[C@@H]32)c(OC)c1. The van der Waals surface area contributed by atoms with Crippen molar-refractivity contribution in [2.24, 2.45) is 4.99 Å². The zero-order valence-corrected chi connectivity index (χ0v) is 19.3. The van der Waals surface area contributed by atoms with Gasteiger partial charge in [-0.15, -0.1) is 0 Å². The van der Waals surface area contributed by atoms with Crippen molar-refractivity contribution in [2.45, 2.75) is 17.7 Å². The fourth-order valence-corrected chi connectivity index (χ4v) is 7.80. The third kappa shape index (κ3) is 4.68. The summed E-state index contributed by atoms with van der Waals surface area (Å²) >= 11 is 7.23. The number of nitrogens with zero attached hydrogens (tertiary/aromatic N) is 2. The van der Waals surface area contributed by atoms with Gasteiger partial charge in [-0.05, 0) is 29.8 Å². The van der Waals surface area contributed by atoms with Gasteiger partial charge in [0.2, 0.25) is 0 Å². The molecule has 0 saturated carbocycles. The zero-order chi connectivity index (χ0) is 22.2. The fourth-order valence-electron chi connectivity index (χ4n) is 3.75. The van der Waals surface area contributed by atoms with Gasteiger partial charge in [0, 0.05) is 16.3 Å². The average molecular weight is 481 g/mol. The minimum atomic E-state index is -3.16. The Hall–Kier alpha value is -2.23. The van der Waals surface area contributed by atoms with Crippen LogP contribution in [-0.2, 0) is 21.1 Å². The number of ether oxygens (including phenoxy) is 2. The normalized spacial score (nSPS) is 23.1. The van der Waals surface area contributed by atoms with E-state index in [0.29, 0.717) is 27.4 Å². The summed E-state index contributed by atoms with van der Waals surface area (Å²) in [6, 6.07) is 12.0. The number of anilines is 1. The summed E-state index contributed by atoms with van der Waals surface area (Å²) in [5, 5.41) is 0.881. The van der Waals surface area contributed by atoms with E-state index in [1.165, 1.54) is 18.9 Å². The summed E-state index contributed by atoms with van der Waals surface area (Å²) in [6.45, 7) is 0. The molecule has 2 aliphatic heterocycles. The number of methoxy groups -OCH3 is 2. The second-order valence-electron chi connectivity index (χ2n) is 7.30. The Bertz CT molecular complexity index is 1130. The van der Waals surface area contributed by atoms with E-state index in [4.69, 9.17) is 21.1 Å². The Labute approximate surface area is 190 Å². The molecule has 0 unspecified atom stereocenters. The Morgan fingerprint density at radius 1 is 1.16 bits per heavy atom. The van der Waals surface area contributed by atoms with E-state index in [-0.39, 0.29) is 35.1 Å². The van der Waals surface area contributed by atoms with Gasteiger partial charge in [0.25, 0.3) is 5.91 Å². The maximum absolute atomic E-state index is 12.7. The van der Waals surface area contributed by atoms with Crippen LogP contribution in [0.2, 0.25) is 5.02 Å². The lowest BCUT2D eigenvalue weighted by Gasteiger charge is -2.26. The number of aliphatic imine (C=N–C) groups is 1.